The molecule has 0 aromatic heterocycles. The first-order valence-electron chi connectivity index (χ1n) is 13.2. The standard InChI is InChI=1S/C29H48/c1-4-6-8-24-9-11-25(12-10-24)13-14-26-15-17-27(18-16-26)28-19-22-29(3,23-20-28)21-7-5-2/h15-18,24-25,28H,4-14,19-23H2,1-3H3. The molecule has 3 rings (SSSR count). The summed E-state index contributed by atoms with van der Waals surface area (Å²) in [7, 11) is 0. The van der Waals surface area contributed by atoms with Crippen molar-refractivity contribution in [3.05, 3.63) is 35.4 Å². The average Bonchev–Trinajstić information content (AvgIpc) is 2.76. The van der Waals surface area contributed by atoms with Gasteiger partial charge in [-0.1, -0.05) is 103 Å². The topological polar surface area (TPSA) is 0 Å². The van der Waals surface area contributed by atoms with Crippen LogP contribution in [-0.2, 0) is 6.42 Å². The number of hydrogen-bond donors (Lipinski definition) is 0. The molecule has 0 unspecified atom stereocenters. The fourth-order valence-electron chi connectivity index (χ4n) is 6.13. The van der Waals surface area contributed by atoms with Gasteiger partial charge in [0.1, 0.15) is 0 Å². The van der Waals surface area contributed by atoms with Gasteiger partial charge in [0.25, 0.3) is 0 Å². The van der Waals surface area contributed by atoms with E-state index in [1.54, 1.807) is 11.1 Å². The van der Waals surface area contributed by atoms with E-state index in [-0.39, 0.29) is 0 Å². The maximum atomic E-state index is 2.54. The first-order chi connectivity index (χ1) is 14.1. The van der Waals surface area contributed by atoms with Gasteiger partial charge in [0.2, 0.25) is 0 Å². The fraction of sp³-hybridized carbons (Fsp3) is 0.793. The third-order valence-corrected chi connectivity index (χ3v) is 8.55. The molecule has 0 bridgehead atoms. The molecule has 0 saturated heterocycles. The molecule has 0 spiro atoms. The third kappa shape index (κ3) is 7.15. The summed E-state index contributed by atoms with van der Waals surface area (Å²) in [6, 6.07) is 9.84. The highest BCUT2D eigenvalue weighted by molar-refractivity contribution is 5.26. The Morgan fingerprint density at radius 2 is 1.34 bits per heavy atom. The van der Waals surface area contributed by atoms with Crippen molar-refractivity contribution in [2.45, 2.75) is 129 Å². The molecular weight excluding hydrogens is 348 g/mol. The zero-order valence-electron chi connectivity index (χ0n) is 19.9. The van der Waals surface area contributed by atoms with Crippen molar-refractivity contribution >= 4 is 0 Å². The Balaban J connectivity index is 1.39. The molecule has 0 amide bonds. The first-order valence-corrected chi connectivity index (χ1v) is 13.2. The van der Waals surface area contributed by atoms with Crippen molar-refractivity contribution in [3.63, 3.8) is 0 Å². The van der Waals surface area contributed by atoms with Crippen molar-refractivity contribution in [2.24, 2.45) is 17.3 Å². The molecule has 0 N–H and O–H groups in total. The second-order valence-corrected chi connectivity index (χ2v) is 11.0. The van der Waals surface area contributed by atoms with E-state index in [1.165, 1.54) is 103 Å². The Morgan fingerprint density at radius 1 is 0.759 bits per heavy atom. The van der Waals surface area contributed by atoms with Gasteiger partial charge in [-0.2, -0.15) is 0 Å². The Hall–Kier alpha value is -0.780. The van der Waals surface area contributed by atoms with Crippen LogP contribution >= 0.6 is 0 Å². The van der Waals surface area contributed by atoms with Crippen molar-refractivity contribution < 1.29 is 0 Å². The Labute approximate surface area is 182 Å². The monoisotopic (exact) mass is 396 g/mol. The van der Waals surface area contributed by atoms with E-state index in [9.17, 15) is 0 Å². The molecule has 2 fully saturated rings. The maximum absolute atomic E-state index is 2.54. The maximum Gasteiger partial charge on any atom is -0.0162 e. The van der Waals surface area contributed by atoms with Crippen LogP contribution in [0.5, 0.6) is 0 Å². The Kier molecular flexibility index (Phi) is 9.13. The number of benzene rings is 1. The lowest BCUT2D eigenvalue weighted by atomic mass is 9.68. The molecule has 0 atom stereocenters. The molecule has 0 radical (unpaired) electrons. The quantitative estimate of drug-likeness (QED) is 0.369. The van der Waals surface area contributed by atoms with E-state index in [1.807, 2.05) is 0 Å². The highest BCUT2D eigenvalue weighted by Gasteiger charge is 2.31. The van der Waals surface area contributed by atoms with Crippen LogP contribution < -0.4 is 0 Å². The van der Waals surface area contributed by atoms with Crippen LogP contribution in [0.15, 0.2) is 24.3 Å². The van der Waals surface area contributed by atoms with E-state index in [0.717, 1.165) is 17.8 Å². The van der Waals surface area contributed by atoms with Gasteiger partial charge in [-0.3, -0.25) is 0 Å². The van der Waals surface area contributed by atoms with Gasteiger partial charge in [-0.25, -0.2) is 0 Å². The molecule has 0 heterocycles. The number of rotatable bonds is 10. The molecule has 0 nitrogen and oxygen atoms in total. The van der Waals surface area contributed by atoms with E-state index in [0.29, 0.717) is 5.41 Å². The van der Waals surface area contributed by atoms with Crippen molar-refractivity contribution in [1.29, 1.82) is 0 Å². The summed E-state index contributed by atoms with van der Waals surface area (Å²) in [4.78, 5) is 0. The van der Waals surface area contributed by atoms with Crippen LogP contribution in [0, 0.1) is 17.3 Å². The van der Waals surface area contributed by atoms with Crippen LogP contribution in [0.1, 0.15) is 134 Å². The summed E-state index contributed by atoms with van der Waals surface area (Å²) in [5.74, 6) is 2.86. The van der Waals surface area contributed by atoms with Gasteiger partial charge in [0, 0.05) is 0 Å². The fourth-order valence-corrected chi connectivity index (χ4v) is 6.13. The highest BCUT2D eigenvalue weighted by atomic mass is 14.4. The predicted octanol–water partition coefficient (Wildman–Crippen LogP) is 9.47. The molecule has 0 heteroatoms. The molecule has 29 heavy (non-hydrogen) atoms. The minimum Gasteiger partial charge on any atom is -0.0654 e. The van der Waals surface area contributed by atoms with E-state index in [2.05, 4.69) is 45.0 Å². The molecule has 2 aliphatic carbocycles. The predicted molar refractivity (Wildman–Crippen MR) is 129 cm³/mol. The molecule has 2 aliphatic rings. The second kappa shape index (κ2) is 11.6. The first kappa shape index (κ1) is 22.9. The average molecular weight is 397 g/mol. The lowest BCUT2D eigenvalue weighted by molar-refractivity contribution is 0.179. The van der Waals surface area contributed by atoms with Crippen LogP contribution in [0.3, 0.4) is 0 Å². The lowest BCUT2D eigenvalue weighted by Crippen LogP contribution is -2.23. The van der Waals surface area contributed by atoms with Crippen molar-refractivity contribution in [1.82, 2.24) is 0 Å². The number of unbranched alkanes of at least 4 members (excludes halogenated alkanes) is 2. The summed E-state index contributed by atoms with van der Waals surface area (Å²) in [5.41, 5.74) is 3.82. The summed E-state index contributed by atoms with van der Waals surface area (Å²) in [5, 5.41) is 0. The van der Waals surface area contributed by atoms with E-state index >= 15 is 0 Å². The molecule has 2 saturated carbocycles. The third-order valence-electron chi connectivity index (χ3n) is 8.55. The van der Waals surface area contributed by atoms with Gasteiger partial charge in [0.15, 0.2) is 0 Å². The highest BCUT2D eigenvalue weighted by Crippen LogP contribution is 2.45. The Morgan fingerprint density at radius 3 is 1.93 bits per heavy atom. The van der Waals surface area contributed by atoms with Gasteiger partial charge in [0.05, 0.1) is 0 Å². The molecule has 164 valence electrons. The Bertz CT molecular complexity index is 552. The summed E-state index contributed by atoms with van der Waals surface area (Å²) >= 11 is 0. The second-order valence-electron chi connectivity index (χ2n) is 11.0. The zero-order valence-corrected chi connectivity index (χ0v) is 19.9. The molecule has 0 aliphatic heterocycles. The summed E-state index contributed by atoms with van der Waals surface area (Å²) < 4.78 is 0. The number of aryl methyl sites for hydroxylation is 1. The molecular formula is C29H48. The summed E-state index contributed by atoms with van der Waals surface area (Å²) in [6.45, 7) is 7.20. The summed E-state index contributed by atoms with van der Waals surface area (Å²) in [6.07, 6.45) is 22.9. The lowest BCUT2D eigenvalue weighted by Gasteiger charge is -2.37. The minimum absolute atomic E-state index is 0.627. The zero-order chi connectivity index (χ0) is 20.5. The van der Waals surface area contributed by atoms with Crippen LogP contribution in [0.25, 0.3) is 0 Å². The van der Waals surface area contributed by atoms with Gasteiger partial charge in [-0.15, -0.1) is 0 Å². The van der Waals surface area contributed by atoms with Crippen LogP contribution in [0.4, 0.5) is 0 Å². The minimum atomic E-state index is 0.627. The van der Waals surface area contributed by atoms with Crippen LogP contribution in [-0.4, -0.2) is 0 Å². The largest absolute Gasteiger partial charge is 0.0654 e. The van der Waals surface area contributed by atoms with Crippen molar-refractivity contribution in [3.8, 4) is 0 Å². The number of hydrogen-bond acceptors (Lipinski definition) is 0. The van der Waals surface area contributed by atoms with Gasteiger partial charge in [-0.05, 0) is 79.2 Å². The van der Waals surface area contributed by atoms with Crippen molar-refractivity contribution in [2.75, 3.05) is 0 Å². The van der Waals surface area contributed by atoms with E-state index in [4.69, 9.17) is 0 Å². The van der Waals surface area contributed by atoms with Gasteiger partial charge < -0.3 is 0 Å². The molecule has 1 aromatic rings. The smallest absolute Gasteiger partial charge is 0.0162 e. The van der Waals surface area contributed by atoms with Gasteiger partial charge >= 0.3 is 0 Å². The van der Waals surface area contributed by atoms with E-state index < -0.39 is 0 Å². The van der Waals surface area contributed by atoms with Crippen LogP contribution in [0.2, 0.25) is 0 Å². The molecule has 1 aromatic carbocycles. The SMILES string of the molecule is CCCCC1CCC(CCc2ccc(C3CCC(C)(CCCC)CC3)cc2)CC1. The normalized spacial score (nSPS) is 30.4.